The number of thiophene rings is 1. The third-order valence-corrected chi connectivity index (χ3v) is 5.55. The summed E-state index contributed by atoms with van der Waals surface area (Å²) in [5, 5.41) is 9.47. The molecule has 8 heteroatoms. The normalized spacial score (nSPS) is 20.6. The summed E-state index contributed by atoms with van der Waals surface area (Å²) in [6, 6.07) is 4.92. The van der Waals surface area contributed by atoms with Gasteiger partial charge in [-0.2, -0.15) is 11.3 Å². The standard InChI is InChI=1S/C16H13N3O3S2/c1-16(12-3-2-5-22-12)14(20)19(15(21)18-16)7-11-9-24-13(17-11)10-4-6-23-8-10/h2-6,8-9H,7H2,1H3,(H,18,21). The number of urea groups is 1. The van der Waals surface area contributed by atoms with Gasteiger partial charge in [0.1, 0.15) is 10.8 Å². The SMILES string of the molecule is CC1(c2ccco2)NC(=O)N(Cc2csc(-c3ccsc3)n2)C1=O. The molecule has 4 rings (SSSR count). The summed E-state index contributed by atoms with van der Waals surface area (Å²) in [6.07, 6.45) is 1.48. The zero-order valence-corrected chi connectivity index (χ0v) is 14.3. The summed E-state index contributed by atoms with van der Waals surface area (Å²) in [5.74, 6) is 0.0770. The third kappa shape index (κ3) is 2.35. The molecule has 3 aromatic rings. The van der Waals surface area contributed by atoms with Crippen LogP contribution in [0.15, 0.2) is 45.0 Å². The highest BCUT2D eigenvalue weighted by Crippen LogP contribution is 2.31. The Morgan fingerprint density at radius 2 is 2.21 bits per heavy atom. The summed E-state index contributed by atoms with van der Waals surface area (Å²) >= 11 is 3.10. The molecule has 0 aromatic carbocycles. The van der Waals surface area contributed by atoms with Crippen molar-refractivity contribution in [1.29, 1.82) is 0 Å². The predicted molar refractivity (Wildman–Crippen MR) is 90.6 cm³/mol. The summed E-state index contributed by atoms with van der Waals surface area (Å²) in [6.45, 7) is 1.78. The highest BCUT2D eigenvalue weighted by atomic mass is 32.1. The summed E-state index contributed by atoms with van der Waals surface area (Å²) in [7, 11) is 0. The molecule has 1 unspecified atom stereocenters. The molecule has 4 heterocycles. The molecular formula is C16H13N3O3S2. The van der Waals surface area contributed by atoms with Crippen LogP contribution in [0.1, 0.15) is 18.4 Å². The molecule has 0 saturated carbocycles. The molecule has 0 bridgehead atoms. The van der Waals surface area contributed by atoms with Gasteiger partial charge in [0.05, 0.1) is 18.5 Å². The van der Waals surface area contributed by atoms with Crippen LogP contribution in [-0.4, -0.2) is 21.8 Å². The Balaban J connectivity index is 1.57. The van der Waals surface area contributed by atoms with Crippen molar-refractivity contribution < 1.29 is 14.0 Å². The van der Waals surface area contributed by atoms with E-state index in [4.69, 9.17) is 4.42 Å². The zero-order chi connectivity index (χ0) is 16.7. The van der Waals surface area contributed by atoms with E-state index in [2.05, 4.69) is 10.3 Å². The minimum absolute atomic E-state index is 0.140. The lowest BCUT2D eigenvalue weighted by Crippen LogP contribution is -2.40. The quantitative estimate of drug-likeness (QED) is 0.724. The van der Waals surface area contributed by atoms with Crippen LogP contribution in [0.4, 0.5) is 4.79 Å². The molecule has 24 heavy (non-hydrogen) atoms. The van der Waals surface area contributed by atoms with E-state index in [9.17, 15) is 9.59 Å². The molecule has 122 valence electrons. The van der Waals surface area contributed by atoms with Gasteiger partial charge in [-0.3, -0.25) is 9.69 Å². The highest BCUT2D eigenvalue weighted by Gasteiger charge is 2.51. The van der Waals surface area contributed by atoms with Gasteiger partial charge in [-0.1, -0.05) is 0 Å². The Kier molecular flexibility index (Phi) is 3.50. The number of hydrogen-bond acceptors (Lipinski definition) is 6. The van der Waals surface area contributed by atoms with E-state index in [0.29, 0.717) is 11.5 Å². The number of nitrogens with zero attached hydrogens (tertiary/aromatic N) is 2. The number of carbonyl (C=O) groups is 2. The molecule has 1 aliphatic rings. The van der Waals surface area contributed by atoms with E-state index in [0.717, 1.165) is 10.6 Å². The lowest BCUT2D eigenvalue weighted by molar-refractivity contribution is -0.132. The smallest absolute Gasteiger partial charge is 0.325 e. The van der Waals surface area contributed by atoms with Gasteiger partial charge in [0.2, 0.25) is 0 Å². The van der Waals surface area contributed by atoms with E-state index in [-0.39, 0.29) is 12.5 Å². The van der Waals surface area contributed by atoms with Crippen molar-refractivity contribution in [3.63, 3.8) is 0 Å². The summed E-state index contributed by atoms with van der Waals surface area (Å²) in [5.41, 5.74) is 0.564. The minimum Gasteiger partial charge on any atom is -0.466 e. The molecule has 1 atom stereocenters. The predicted octanol–water partition coefficient (Wildman–Crippen LogP) is 3.43. The molecule has 6 nitrogen and oxygen atoms in total. The Morgan fingerprint density at radius 1 is 1.33 bits per heavy atom. The van der Waals surface area contributed by atoms with Crippen LogP contribution in [-0.2, 0) is 16.9 Å². The minimum atomic E-state index is -1.17. The van der Waals surface area contributed by atoms with Crippen molar-refractivity contribution in [3.8, 4) is 10.6 Å². The monoisotopic (exact) mass is 359 g/mol. The zero-order valence-electron chi connectivity index (χ0n) is 12.7. The topological polar surface area (TPSA) is 75.4 Å². The van der Waals surface area contributed by atoms with Gasteiger partial charge in [0.15, 0.2) is 5.54 Å². The third-order valence-electron chi connectivity index (χ3n) is 3.93. The van der Waals surface area contributed by atoms with Crippen molar-refractivity contribution in [2.24, 2.45) is 0 Å². The molecule has 3 aromatic heterocycles. The number of aromatic nitrogens is 1. The van der Waals surface area contributed by atoms with Gasteiger partial charge in [0, 0.05) is 16.3 Å². The van der Waals surface area contributed by atoms with Crippen LogP contribution in [0.5, 0.6) is 0 Å². The fraction of sp³-hybridized carbons (Fsp3) is 0.188. The first-order valence-corrected chi connectivity index (χ1v) is 9.05. The number of carbonyl (C=O) groups excluding carboxylic acids is 2. The summed E-state index contributed by atoms with van der Waals surface area (Å²) < 4.78 is 5.32. The number of amides is 3. The van der Waals surface area contributed by atoms with Crippen LogP contribution in [0, 0.1) is 0 Å². The molecule has 0 spiro atoms. The van der Waals surface area contributed by atoms with Crippen LogP contribution < -0.4 is 5.32 Å². The molecule has 1 aliphatic heterocycles. The second-order valence-corrected chi connectivity index (χ2v) is 7.22. The number of thiazole rings is 1. The van der Waals surface area contributed by atoms with Crippen molar-refractivity contribution in [2.75, 3.05) is 0 Å². The van der Waals surface area contributed by atoms with Gasteiger partial charge < -0.3 is 9.73 Å². The Hall–Kier alpha value is -2.45. The molecule has 1 saturated heterocycles. The molecule has 0 aliphatic carbocycles. The second-order valence-electron chi connectivity index (χ2n) is 5.58. The molecule has 1 fully saturated rings. The van der Waals surface area contributed by atoms with Crippen LogP contribution in [0.25, 0.3) is 10.6 Å². The van der Waals surface area contributed by atoms with Crippen LogP contribution in [0.2, 0.25) is 0 Å². The van der Waals surface area contributed by atoms with Gasteiger partial charge in [-0.05, 0) is 30.5 Å². The van der Waals surface area contributed by atoms with Gasteiger partial charge >= 0.3 is 6.03 Å². The van der Waals surface area contributed by atoms with Gasteiger partial charge in [-0.25, -0.2) is 9.78 Å². The number of rotatable bonds is 4. The largest absolute Gasteiger partial charge is 0.466 e. The Morgan fingerprint density at radius 3 is 2.92 bits per heavy atom. The van der Waals surface area contributed by atoms with Gasteiger partial charge in [0.25, 0.3) is 5.91 Å². The van der Waals surface area contributed by atoms with Crippen LogP contribution >= 0.6 is 22.7 Å². The fourth-order valence-electron chi connectivity index (χ4n) is 2.63. The van der Waals surface area contributed by atoms with E-state index >= 15 is 0 Å². The maximum Gasteiger partial charge on any atom is 0.325 e. The Bertz CT molecular complexity index is 886. The molecule has 1 N–H and O–H groups in total. The molecular weight excluding hydrogens is 346 g/mol. The van der Waals surface area contributed by atoms with E-state index in [1.54, 1.807) is 30.4 Å². The highest BCUT2D eigenvalue weighted by molar-refractivity contribution is 7.14. The van der Waals surface area contributed by atoms with Crippen molar-refractivity contribution in [3.05, 3.63) is 52.1 Å². The average Bonchev–Trinajstić information content (AvgIpc) is 3.34. The van der Waals surface area contributed by atoms with Crippen molar-refractivity contribution >= 4 is 34.6 Å². The average molecular weight is 359 g/mol. The second kappa shape index (κ2) is 5.57. The lowest BCUT2D eigenvalue weighted by Gasteiger charge is -2.18. The number of nitrogens with one attached hydrogen (secondary N) is 1. The maximum absolute atomic E-state index is 12.7. The first-order valence-electron chi connectivity index (χ1n) is 7.23. The van der Waals surface area contributed by atoms with Crippen LogP contribution in [0.3, 0.4) is 0 Å². The molecule has 3 amide bonds. The van der Waals surface area contributed by atoms with Gasteiger partial charge in [-0.15, -0.1) is 11.3 Å². The van der Waals surface area contributed by atoms with E-state index in [1.165, 1.54) is 22.5 Å². The maximum atomic E-state index is 12.7. The first-order chi connectivity index (χ1) is 11.6. The lowest BCUT2D eigenvalue weighted by atomic mass is 9.99. The van der Waals surface area contributed by atoms with E-state index < -0.39 is 11.6 Å². The molecule has 0 radical (unpaired) electrons. The number of imide groups is 1. The van der Waals surface area contributed by atoms with Crippen molar-refractivity contribution in [1.82, 2.24) is 15.2 Å². The summed E-state index contributed by atoms with van der Waals surface area (Å²) in [4.78, 5) is 30.7. The van der Waals surface area contributed by atoms with E-state index in [1.807, 2.05) is 22.2 Å². The fourth-order valence-corrected chi connectivity index (χ4v) is 4.15. The number of furan rings is 1. The Labute approximate surface area is 145 Å². The first kappa shape index (κ1) is 15.1. The van der Waals surface area contributed by atoms with Crippen molar-refractivity contribution in [2.45, 2.75) is 19.0 Å². The number of hydrogen-bond donors (Lipinski definition) is 1.